The third-order valence-electron chi connectivity index (χ3n) is 2.13. The Balaban J connectivity index is 3.98. The monoisotopic (exact) mass is 185 g/mol. The molecule has 0 rings (SSSR count). The highest BCUT2D eigenvalue weighted by Crippen LogP contribution is 2.18. The lowest BCUT2D eigenvalue weighted by atomic mass is 9.84. The van der Waals surface area contributed by atoms with Crippen LogP contribution in [0.3, 0.4) is 0 Å². The predicted molar refractivity (Wildman–Crippen MR) is 56.5 cm³/mol. The molecule has 0 radical (unpaired) electrons. The smallest absolute Gasteiger partial charge is 0.154 e. The van der Waals surface area contributed by atoms with Gasteiger partial charge in [0, 0.05) is 5.41 Å². The first-order valence-electron chi connectivity index (χ1n) is 5.05. The van der Waals surface area contributed by atoms with Crippen LogP contribution < -0.4 is 5.73 Å². The number of carbonyl (C=O) groups is 1. The highest BCUT2D eigenvalue weighted by atomic mass is 16.1. The molecule has 2 N–H and O–H groups in total. The lowest BCUT2D eigenvalue weighted by molar-refractivity contribution is -0.127. The molecular formula is C11H23NO. The van der Waals surface area contributed by atoms with Crippen molar-refractivity contribution >= 4 is 5.78 Å². The average molecular weight is 185 g/mol. The minimum Gasteiger partial charge on any atom is -0.321 e. The number of Topliss-reactive ketones (excluding diaryl/α,β-unsaturated/α-hetero) is 1. The van der Waals surface area contributed by atoms with E-state index in [0.29, 0.717) is 5.92 Å². The van der Waals surface area contributed by atoms with Gasteiger partial charge in [0.2, 0.25) is 0 Å². The molecule has 0 aromatic heterocycles. The molecule has 0 saturated carbocycles. The second-order valence-electron chi connectivity index (χ2n) is 5.19. The number of carbonyl (C=O) groups excluding carboxylic acids is 1. The summed E-state index contributed by atoms with van der Waals surface area (Å²) in [7, 11) is 0. The van der Waals surface area contributed by atoms with E-state index in [1.807, 2.05) is 20.8 Å². The number of nitrogens with two attached hydrogens (primary N) is 1. The van der Waals surface area contributed by atoms with E-state index in [1.165, 1.54) is 0 Å². The summed E-state index contributed by atoms with van der Waals surface area (Å²) in [5.41, 5.74) is 5.51. The van der Waals surface area contributed by atoms with Gasteiger partial charge in [-0.05, 0) is 18.8 Å². The lowest BCUT2D eigenvalue weighted by Gasteiger charge is -2.22. The van der Waals surface area contributed by atoms with Gasteiger partial charge in [-0.15, -0.1) is 0 Å². The van der Waals surface area contributed by atoms with Crippen LogP contribution in [-0.4, -0.2) is 11.8 Å². The first-order chi connectivity index (χ1) is 5.75. The van der Waals surface area contributed by atoms with Gasteiger partial charge in [-0.1, -0.05) is 34.6 Å². The Morgan fingerprint density at radius 2 is 1.69 bits per heavy atom. The van der Waals surface area contributed by atoms with Crippen molar-refractivity contribution in [1.29, 1.82) is 0 Å². The van der Waals surface area contributed by atoms with Crippen molar-refractivity contribution in [1.82, 2.24) is 0 Å². The second kappa shape index (κ2) is 4.75. The zero-order chi connectivity index (χ0) is 10.6. The molecule has 0 amide bonds. The van der Waals surface area contributed by atoms with Gasteiger partial charge < -0.3 is 5.73 Å². The Labute approximate surface area is 81.9 Å². The molecule has 0 bridgehead atoms. The maximum atomic E-state index is 11.7. The van der Waals surface area contributed by atoms with Crippen LogP contribution in [0.25, 0.3) is 0 Å². The maximum absolute atomic E-state index is 11.7. The molecule has 0 spiro atoms. The van der Waals surface area contributed by atoms with Crippen molar-refractivity contribution in [3.8, 4) is 0 Å². The zero-order valence-electron chi connectivity index (χ0n) is 9.55. The molecule has 0 heterocycles. The lowest BCUT2D eigenvalue weighted by Crippen LogP contribution is -2.38. The number of rotatable bonds is 4. The first kappa shape index (κ1) is 12.6. The number of ketones is 1. The Bertz CT molecular complexity index is 167. The molecule has 1 atom stereocenters. The fourth-order valence-electron chi connectivity index (χ4n) is 1.20. The largest absolute Gasteiger partial charge is 0.321 e. The van der Waals surface area contributed by atoms with Gasteiger partial charge in [0.15, 0.2) is 5.78 Å². The Morgan fingerprint density at radius 1 is 1.23 bits per heavy atom. The number of hydrogen-bond acceptors (Lipinski definition) is 2. The van der Waals surface area contributed by atoms with Crippen LogP contribution in [0.15, 0.2) is 0 Å². The van der Waals surface area contributed by atoms with Gasteiger partial charge in [-0.2, -0.15) is 0 Å². The minimum absolute atomic E-state index is 0.174. The average Bonchev–Trinajstić information content (AvgIpc) is 1.96. The third kappa shape index (κ3) is 5.04. The minimum atomic E-state index is -0.295. The van der Waals surface area contributed by atoms with Crippen molar-refractivity contribution in [3.63, 3.8) is 0 Å². The summed E-state index contributed by atoms with van der Waals surface area (Å²) in [5, 5.41) is 0. The third-order valence-corrected chi connectivity index (χ3v) is 2.13. The van der Waals surface area contributed by atoms with Crippen molar-refractivity contribution in [3.05, 3.63) is 0 Å². The molecule has 13 heavy (non-hydrogen) atoms. The van der Waals surface area contributed by atoms with Crippen molar-refractivity contribution in [2.45, 2.75) is 53.5 Å². The fraction of sp³-hybridized carbons (Fsp3) is 0.909. The van der Waals surface area contributed by atoms with Gasteiger partial charge in [-0.25, -0.2) is 0 Å². The molecule has 0 aromatic carbocycles. The van der Waals surface area contributed by atoms with Crippen LogP contribution >= 0.6 is 0 Å². The van der Waals surface area contributed by atoms with E-state index in [-0.39, 0.29) is 17.2 Å². The summed E-state index contributed by atoms with van der Waals surface area (Å²) in [6.07, 6.45) is 1.84. The van der Waals surface area contributed by atoms with E-state index < -0.39 is 0 Å². The topological polar surface area (TPSA) is 43.1 Å². The summed E-state index contributed by atoms with van der Waals surface area (Å²) in [5.74, 6) is 0.798. The SMILES string of the molecule is CC(C)CC[C@@H](N)C(=O)C(C)(C)C. The van der Waals surface area contributed by atoms with Gasteiger partial charge in [0.1, 0.15) is 0 Å². The summed E-state index contributed by atoms with van der Waals surface area (Å²) in [6, 6.07) is -0.276. The molecule has 78 valence electrons. The van der Waals surface area contributed by atoms with Crippen LogP contribution in [0.1, 0.15) is 47.5 Å². The summed E-state index contributed by atoms with van der Waals surface area (Å²) in [6.45, 7) is 10.1. The zero-order valence-corrected chi connectivity index (χ0v) is 9.55. The maximum Gasteiger partial charge on any atom is 0.154 e. The Kier molecular flexibility index (Phi) is 4.62. The van der Waals surface area contributed by atoms with E-state index in [2.05, 4.69) is 13.8 Å². The molecule has 0 aliphatic rings. The summed E-state index contributed by atoms with van der Waals surface area (Å²) >= 11 is 0. The van der Waals surface area contributed by atoms with E-state index in [4.69, 9.17) is 5.73 Å². The first-order valence-corrected chi connectivity index (χ1v) is 5.05. The molecule has 0 saturated heterocycles. The number of hydrogen-bond donors (Lipinski definition) is 1. The molecule has 0 unspecified atom stereocenters. The van der Waals surface area contributed by atoms with Crippen molar-refractivity contribution < 1.29 is 4.79 Å². The molecule has 0 fully saturated rings. The Morgan fingerprint density at radius 3 is 2.00 bits per heavy atom. The molecule has 2 heteroatoms. The molecule has 0 aliphatic carbocycles. The van der Waals surface area contributed by atoms with Crippen LogP contribution in [-0.2, 0) is 4.79 Å². The van der Waals surface area contributed by atoms with Gasteiger partial charge >= 0.3 is 0 Å². The molecule has 2 nitrogen and oxygen atoms in total. The molecule has 0 aliphatic heterocycles. The normalized spacial score (nSPS) is 14.7. The Hall–Kier alpha value is -0.370. The van der Waals surface area contributed by atoms with Crippen LogP contribution in [0, 0.1) is 11.3 Å². The van der Waals surface area contributed by atoms with Gasteiger partial charge in [0.25, 0.3) is 0 Å². The summed E-state index contributed by atoms with van der Waals surface area (Å²) < 4.78 is 0. The van der Waals surface area contributed by atoms with Crippen LogP contribution in [0.4, 0.5) is 0 Å². The van der Waals surface area contributed by atoms with Crippen LogP contribution in [0.5, 0.6) is 0 Å². The fourth-order valence-corrected chi connectivity index (χ4v) is 1.20. The van der Waals surface area contributed by atoms with E-state index in [1.54, 1.807) is 0 Å². The van der Waals surface area contributed by atoms with Crippen LogP contribution in [0.2, 0.25) is 0 Å². The van der Waals surface area contributed by atoms with E-state index in [0.717, 1.165) is 12.8 Å². The highest BCUT2D eigenvalue weighted by molar-refractivity contribution is 5.88. The predicted octanol–water partition coefficient (Wildman–Crippen LogP) is 2.37. The quantitative estimate of drug-likeness (QED) is 0.730. The van der Waals surface area contributed by atoms with E-state index in [9.17, 15) is 4.79 Å². The van der Waals surface area contributed by atoms with Gasteiger partial charge in [-0.3, -0.25) is 4.79 Å². The summed E-state index contributed by atoms with van der Waals surface area (Å²) in [4.78, 5) is 11.7. The second-order valence-corrected chi connectivity index (χ2v) is 5.19. The standard InChI is InChI=1S/C11H23NO/c1-8(2)6-7-9(12)10(13)11(3,4)5/h8-9H,6-7,12H2,1-5H3/t9-/m1/s1. The molecule has 0 aromatic rings. The molecular weight excluding hydrogens is 162 g/mol. The van der Waals surface area contributed by atoms with Gasteiger partial charge in [0.05, 0.1) is 6.04 Å². The van der Waals surface area contributed by atoms with Crippen molar-refractivity contribution in [2.75, 3.05) is 0 Å². The highest BCUT2D eigenvalue weighted by Gasteiger charge is 2.26. The van der Waals surface area contributed by atoms with E-state index >= 15 is 0 Å². The van der Waals surface area contributed by atoms with Crippen molar-refractivity contribution in [2.24, 2.45) is 17.1 Å².